The predicted octanol–water partition coefficient (Wildman–Crippen LogP) is 8.42. The zero-order valence-electron chi connectivity index (χ0n) is 22.5. The fourth-order valence-corrected chi connectivity index (χ4v) is 0.806. The van der Waals surface area contributed by atoms with Crippen molar-refractivity contribution in [2.75, 3.05) is 13.2 Å². The molecule has 0 saturated heterocycles. The maximum atomic E-state index is 5.38. The minimum absolute atomic E-state index is 0. The molecule has 0 heterocycles. The van der Waals surface area contributed by atoms with Crippen molar-refractivity contribution in [3.05, 3.63) is 26.5 Å². The van der Waals surface area contributed by atoms with Gasteiger partial charge in [-0.1, -0.05) is 67.5 Å². The van der Waals surface area contributed by atoms with Gasteiger partial charge >= 0.3 is 0 Å². The molecule has 1 radical (unpaired) electrons. The van der Waals surface area contributed by atoms with Crippen LogP contribution in [-0.4, -0.2) is 25.4 Å². The van der Waals surface area contributed by atoms with E-state index in [2.05, 4.69) is 68.4 Å². The van der Waals surface area contributed by atoms with Gasteiger partial charge in [0.1, 0.15) is 0 Å². The van der Waals surface area contributed by atoms with Crippen molar-refractivity contribution in [2.45, 2.75) is 109 Å². The fourth-order valence-electron chi connectivity index (χ4n) is 0.806. The van der Waals surface area contributed by atoms with Gasteiger partial charge < -0.3 is 23.8 Å². The van der Waals surface area contributed by atoms with E-state index in [0.717, 1.165) is 24.9 Å². The number of hydrogen-bond acceptors (Lipinski definition) is 2. The smallest absolute Gasteiger partial charge is 0.0650 e. The molecule has 0 fully saturated rings. The first kappa shape index (κ1) is 47.6. The maximum absolute atomic E-state index is 5.38. The maximum Gasteiger partial charge on any atom is 0.0650 e. The zero-order chi connectivity index (χ0) is 21.8. The van der Waals surface area contributed by atoms with Crippen molar-refractivity contribution in [2.24, 2.45) is 17.3 Å². The summed E-state index contributed by atoms with van der Waals surface area (Å²) < 4.78 is 10.7. The fraction of sp³-hybridized carbons (Fsp3) is 0.840. The van der Waals surface area contributed by atoms with E-state index in [-0.39, 0.29) is 47.0 Å². The quantitative estimate of drug-likeness (QED) is 0.161. The Bertz CT molecular complexity index is 268. The van der Waals surface area contributed by atoms with Crippen LogP contribution in [0, 0.1) is 31.6 Å². The number of rotatable bonds is 7. The Balaban J connectivity index is -0.0000000519. The van der Waals surface area contributed by atoms with Gasteiger partial charge in [-0.3, -0.25) is 0 Å². The summed E-state index contributed by atoms with van der Waals surface area (Å²) in [4.78, 5) is 0. The van der Waals surface area contributed by atoms with Crippen LogP contribution in [0.3, 0.4) is 0 Å². The molecular formula is C25H56O2VW-2. The standard InChI is InChI=1S/C11H22O2.C7H16.C4H10.C2H5.CH3.V.W/c1-10(2)12-8-6-5-7-9-13-11(3)4;1-6(2)7(3,4)5;1-4(2)3;1-2;;;/h5-6,10-11H,7-9H2,1-4H3;6H,1-5H3;4H,1-3H3;1H2,2H3;1H3;;/q;;;2*-1;;. The monoisotopic (exact) mass is 623 g/mol. The predicted molar refractivity (Wildman–Crippen MR) is 128 cm³/mol. The van der Waals surface area contributed by atoms with Gasteiger partial charge in [-0.25, -0.2) is 0 Å². The summed E-state index contributed by atoms with van der Waals surface area (Å²) in [6.07, 6.45) is 5.77. The molecule has 0 amide bonds. The molecule has 2 nitrogen and oxygen atoms in total. The van der Waals surface area contributed by atoms with Crippen molar-refractivity contribution in [1.29, 1.82) is 0 Å². The van der Waals surface area contributed by atoms with E-state index in [4.69, 9.17) is 9.47 Å². The second-order valence-electron chi connectivity index (χ2n) is 8.81. The van der Waals surface area contributed by atoms with Gasteiger partial charge in [-0.2, -0.15) is 6.92 Å². The van der Waals surface area contributed by atoms with Gasteiger partial charge in [0.25, 0.3) is 0 Å². The van der Waals surface area contributed by atoms with Crippen molar-refractivity contribution in [3.63, 3.8) is 0 Å². The largest absolute Gasteiger partial charge is 0.378 e. The van der Waals surface area contributed by atoms with Crippen LogP contribution in [0.25, 0.3) is 0 Å². The van der Waals surface area contributed by atoms with Gasteiger partial charge in [-0.15, -0.1) is 0 Å². The molecule has 0 aromatic carbocycles. The molecule has 0 aromatic rings. The summed E-state index contributed by atoms with van der Waals surface area (Å²) in [5.41, 5.74) is 0.500. The Morgan fingerprint density at radius 1 is 0.759 bits per heavy atom. The molecule has 29 heavy (non-hydrogen) atoms. The summed E-state index contributed by atoms with van der Waals surface area (Å²) in [5.74, 6) is 1.63. The van der Waals surface area contributed by atoms with E-state index in [1.54, 1.807) is 6.92 Å². The summed E-state index contributed by atoms with van der Waals surface area (Å²) in [6.45, 7) is 32.5. The molecule has 0 unspecified atom stereocenters. The van der Waals surface area contributed by atoms with Crippen LogP contribution in [0.5, 0.6) is 0 Å². The van der Waals surface area contributed by atoms with E-state index < -0.39 is 0 Å². The molecular weight excluding hydrogens is 567 g/mol. The van der Waals surface area contributed by atoms with Crippen LogP contribution < -0.4 is 0 Å². The van der Waals surface area contributed by atoms with E-state index in [1.165, 1.54) is 0 Å². The Morgan fingerprint density at radius 2 is 1.07 bits per heavy atom. The molecule has 0 bridgehead atoms. The molecule has 0 rings (SSSR count). The normalized spacial score (nSPS) is 10.0. The van der Waals surface area contributed by atoms with Gasteiger partial charge in [0.05, 0.1) is 25.4 Å². The number of hydrogen-bond donors (Lipinski definition) is 0. The second-order valence-corrected chi connectivity index (χ2v) is 8.81. The second kappa shape index (κ2) is 33.6. The molecule has 0 aliphatic carbocycles. The van der Waals surface area contributed by atoms with Crippen molar-refractivity contribution >= 4 is 0 Å². The minimum atomic E-state index is 0. The third-order valence-corrected chi connectivity index (χ3v) is 3.16. The third-order valence-electron chi connectivity index (χ3n) is 3.16. The van der Waals surface area contributed by atoms with E-state index in [9.17, 15) is 0 Å². The first-order chi connectivity index (χ1) is 11.8. The third kappa shape index (κ3) is 73.2. The molecule has 0 aromatic heterocycles. The molecule has 0 spiro atoms. The van der Waals surface area contributed by atoms with Crippen LogP contribution in [0.2, 0.25) is 0 Å². The average molecular weight is 624 g/mol. The van der Waals surface area contributed by atoms with Crippen molar-refractivity contribution in [1.82, 2.24) is 0 Å². The van der Waals surface area contributed by atoms with Gasteiger partial charge in [0.2, 0.25) is 0 Å². The summed E-state index contributed by atoms with van der Waals surface area (Å²) >= 11 is 0. The van der Waals surface area contributed by atoms with Crippen LogP contribution in [0.15, 0.2) is 12.2 Å². The van der Waals surface area contributed by atoms with Crippen LogP contribution in [0.1, 0.15) is 96.4 Å². The average Bonchev–Trinajstić information content (AvgIpc) is 2.46. The van der Waals surface area contributed by atoms with Crippen molar-refractivity contribution < 1.29 is 49.1 Å². The Morgan fingerprint density at radius 3 is 1.31 bits per heavy atom. The van der Waals surface area contributed by atoms with Gasteiger partial charge in [-0.05, 0) is 51.4 Å². The molecule has 0 aliphatic heterocycles. The Kier molecular flexibility index (Phi) is 55.1. The van der Waals surface area contributed by atoms with Gasteiger partial charge in [0, 0.05) is 39.6 Å². The topological polar surface area (TPSA) is 18.5 Å². The molecule has 0 saturated carbocycles. The molecule has 0 atom stereocenters. The first-order valence-corrected chi connectivity index (χ1v) is 10.4. The Labute approximate surface area is 213 Å². The summed E-state index contributed by atoms with van der Waals surface area (Å²) in [5, 5.41) is 0. The molecule has 4 heteroatoms. The van der Waals surface area contributed by atoms with E-state index in [1.807, 2.05) is 33.8 Å². The summed E-state index contributed by atoms with van der Waals surface area (Å²) in [6, 6.07) is 0. The minimum Gasteiger partial charge on any atom is -0.378 e. The van der Waals surface area contributed by atoms with Gasteiger partial charge in [0.15, 0.2) is 0 Å². The molecule has 0 N–H and O–H groups in total. The molecule has 0 aliphatic rings. The summed E-state index contributed by atoms with van der Waals surface area (Å²) in [7, 11) is 0. The molecule has 181 valence electrons. The SMILES string of the molecule is CC(C)C.CC(C)C(C)(C)C.CC(C)OCC=CCCOC(C)C.[CH2-]C.[CH3-].[V].[W]. The Hall–Kier alpha value is 0.933. The van der Waals surface area contributed by atoms with E-state index in [0.29, 0.717) is 24.2 Å². The van der Waals surface area contributed by atoms with E-state index >= 15 is 0 Å². The first-order valence-electron chi connectivity index (χ1n) is 10.4. The van der Waals surface area contributed by atoms with Crippen molar-refractivity contribution in [3.8, 4) is 0 Å². The van der Waals surface area contributed by atoms with Crippen LogP contribution >= 0.6 is 0 Å². The van der Waals surface area contributed by atoms with Crippen LogP contribution in [0.4, 0.5) is 0 Å². The van der Waals surface area contributed by atoms with Crippen LogP contribution in [-0.2, 0) is 49.1 Å². The zero-order valence-corrected chi connectivity index (χ0v) is 26.8. The number of ether oxygens (including phenoxy) is 2.